The van der Waals surface area contributed by atoms with Crippen LogP contribution in [-0.2, 0) is 19.1 Å². The number of aryl methyl sites for hydroxylation is 1. The molecule has 1 rings (SSSR count). The molecule has 0 saturated carbocycles. The molecule has 3 amide bonds. The monoisotopic (exact) mass is 363 g/mol. The van der Waals surface area contributed by atoms with Crippen LogP contribution in [-0.4, -0.2) is 56.0 Å². The Morgan fingerprint density at radius 2 is 1.77 bits per heavy atom. The lowest BCUT2D eigenvalue weighted by molar-refractivity contribution is -0.137. The van der Waals surface area contributed by atoms with E-state index in [4.69, 9.17) is 4.74 Å². The maximum absolute atomic E-state index is 12.2. The average Bonchev–Trinajstić information content (AvgIpc) is 2.58. The first-order valence-electron chi connectivity index (χ1n) is 8.71. The van der Waals surface area contributed by atoms with Crippen molar-refractivity contribution in [1.29, 1.82) is 0 Å². The molecular weight excluding hydrogens is 334 g/mol. The topological polar surface area (TPSA) is 87.7 Å². The molecule has 7 nitrogen and oxygen atoms in total. The Kier molecular flexibility index (Phi) is 9.36. The first-order valence-corrected chi connectivity index (χ1v) is 8.71. The molecule has 0 heterocycles. The minimum Gasteiger partial charge on any atom is -0.383 e. The highest BCUT2D eigenvalue weighted by Gasteiger charge is 2.18. The van der Waals surface area contributed by atoms with Crippen LogP contribution in [0.4, 0.5) is 5.69 Å². The van der Waals surface area contributed by atoms with E-state index in [-0.39, 0.29) is 36.7 Å². The van der Waals surface area contributed by atoms with Gasteiger partial charge in [-0.05, 0) is 25.0 Å². The van der Waals surface area contributed by atoms with Crippen molar-refractivity contribution < 1.29 is 19.1 Å². The summed E-state index contributed by atoms with van der Waals surface area (Å²) in [7, 11) is 1.54. The smallest absolute Gasteiger partial charge is 0.243 e. The number of ether oxygens (including phenoxy) is 1. The zero-order valence-corrected chi connectivity index (χ0v) is 16.0. The van der Waals surface area contributed by atoms with Crippen LogP contribution in [0.15, 0.2) is 24.3 Å². The largest absolute Gasteiger partial charge is 0.383 e. The first kappa shape index (κ1) is 21.6. The van der Waals surface area contributed by atoms with Gasteiger partial charge in [0.15, 0.2) is 0 Å². The van der Waals surface area contributed by atoms with Gasteiger partial charge in [0.1, 0.15) is 0 Å². The third kappa shape index (κ3) is 8.62. The molecule has 0 radical (unpaired) electrons. The normalized spacial score (nSPS) is 10.5. The second-order valence-electron chi connectivity index (χ2n) is 6.60. The maximum Gasteiger partial charge on any atom is 0.243 e. The van der Waals surface area contributed by atoms with E-state index >= 15 is 0 Å². The number of carbonyl (C=O) groups is 3. The van der Waals surface area contributed by atoms with Gasteiger partial charge in [0, 0.05) is 25.8 Å². The molecule has 0 fully saturated rings. The van der Waals surface area contributed by atoms with Crippen LogP contribution in [0.2, 0.25) is 0 Å². The van der Waals surface area contributed by atoms with E-state index in [1.807, 2.05) is 32.9 Å². The highest BCUT2D eigenvalue weighted by atomic mass is 16.5. The zero-order valence-electron chi connectivity index (χ0n) is 16.0. The predicted molar refractivity (Wildman–Crippen MR) is 101 cm³/mol. The molecule has 0 spiro atoms. The zero-order chi connectivity index (χ0) is 19.5. The van der Waals surface area contributed by atoms with Gasteiger partial charge in [-0.1, -0.05) is 31.5 Å². The fourth-order valence-electron chi connectivity index (χ4n) is 2.22. The number of hydrogen-bond donors (Lipinski definition) is 2. The Hall–Kier alpha value is -2.41. The Balaban J connectivity index is 2.46. The van der Waals surface area contributed by atoms with E-state index in [1.165, 1.54) is 4.90 Å². The van der Waals surface area contributed by atoms with E-state index in [0.717, 1.165) is 5.56 Å². The summed E-state index contributed by atoms with van der Waals surface area (Å²) in [5.74, 6) is -0.594. The molecule has 0 aliphatic heterocycles. The van der Waals surface area contributed by atoms with Gasteiger partial charge in [0.2, 0.25) is 17.7 Å². The molecule has 0 aliphatic carbocycles. The molecule has 0 aliphatic rings. The molecule has 144 valence electrons. The number of methoxy groups -OCH3 is 1. The van der Waals surface area contributed by atoms with Gasteiger partial charge in [-0.2, -0.15) is 0 Å². The van der Waals surface area contributed by atoms with E-state index in [2.05, 4.69) is 10.6 Å². The number of nitrogens with one attached hydrogen (secondary N) is 2. The SMILES string of the molecule is COCCN(CC(=O)NCC(=O)Nc1ccc(C)cc1)C(=O)CC(C)C. The average molecular weight is 363 g/mol. The Bertz CT molecular complexity index is 599. The lowest BCUT2D eigenvalue weighted by atomic mass is 10.1. The van der Waals surface area contributed by atoms with Crippen molar-refractivity contribution in [2.75, 3.05) is 38.7 Å². The number of nitrogens with zero attached hydrogens (tertiary/aromatic N) is 1. The molecule has 2 N–H and O–H groups in total. The van der Waals surface area contributed by atoms with E-state index in [9.17, 15) is 14.4 Å². The van der Waals surface area contributed by atoms with Gasteiger partial charge in [-0.3, -0.25) is 14.4 Å². The Morgan fingerprint density at radius 3 is 2.35 bits per heavy atom. The summed E-state index contributed by atoms with van der Waals surface area (Å²) in [6, 6.07) is 7.38. The van der Waals surface area contributed by atoms with Crippen LogP contribution in [0.1, 0.15) is 25.8 Å². The van der Waals surface area contributed by atoms with Gasteiger partial charge >= 0.3 is 0 Å². The van der Waals surface area contributed by atoms with Crippen LogP contribution in [0.5, 0.6) is 0 Å². The Labute approximate surface area is 155 Å². The summed E-state index contributed by atoms with van der Waals surface area (Å²) in [6.07, 6.45) is 0.366. The summed E-state index contributed by atoms with van der Waals surface area (Å²) >= 11 is 0. The van der Waals surface area contributed by atoms with Gasteiger partial charge in [-0.15, -0.1) is 0 Å². The molecule has 0 unspecified atom stereocenters. The molecule has 0 atom stereocenters. The molecule has 1 aromatic carbocycles. The second-order valence-corrected chi connectivity index (χ2v) is 6.60. The van der Waals surface area contributed by atoms with E-state index in [0.29, 0.717) is 25.3 Å². The summed E-state index contributed by atoms with van der Waals surface area (Å²) in [5.41, 5.74) is 1.77. The first-order chi connectivity index (χ1) is 12.3. The third-order valence-electron chi connectivity index (χ3n) is 3.62. The van der Waals surface area contributed by atoms with Crippen molar-refractivity contribution in [1.82, 2.24) is 10.2 Å². The van der Waals surface area contributed by atoms with Crippen molar-refractivity contribution in [3.05, 3.63) is 29.8 Å². The number of amides is 3. The summed E-state index contributed by atoms with van der Waals surface area (Å²) in [6.45, 7) is 6.30. The highest BCUT2D eigenvalue weighted by molar-refractivity contribution is 5.95. The molecule has 0 aromatic heterocycles. The van der Waals surface area contributed by atoms with Gasteiger partial charge in [-0.25, -0.2) is 0 Å². The van der Waals surface area contributed by atoms with Crippen molar-refractivity contribution in [2.45, 2.75) is 27.2 Å². The van der Waals surface area contributed by atoms with Crippen LogP contribution in [0.25, 0.3) is 0 Å². The number of hydrogen-bond acceptors (Lipinski definition) is 4. The highest BCUT2D eigenvalue weighted by Crippen LogP contribution is 2.08. The third-order valence-corrected chi connectivity index (χ3v) is 3.62. The molecule has 1 aromatic rings. The molecular formula is C19H29N3O4. The number of carbonyl (C=O) groups excluding carboxylic acids is 3. The molecule has 0 saturated heterocycles. The quantitative estimate of drug-likeness (QED) is 0.660. The fourth-order valence-corrected chi connectivity index (χ4v) is 2.22. The molecule has 26 heavy (non-hydrogen) atoms. The van der Waals surface area contributed by atoms with Crippen LogP contribution < -0.4 is 10.6 Å². The Morgan fingerprint density at radius 1 is 1.12 bits per heavy atom. The summed E-state index contributed by atoms with van der Waals surface area (Å²) in [4.78, 5) is 37.7. The van der Waals surface area contributed by atoms with Gasteiger partial charge < -0.3 is 20.3 Å². The lowest BCUT2D eigenvalue weighted by Gasteiger charge is -2.22. The van der Waals surface area contributed by atoms with E-state index < -0.39 is 0 Å². The minimum atomic E-state index is -0.378. The van der Waals surface area contributed by atoms with E-state index in [1.54, 1.807) is 19.2 Å². The van der Waals surface area contributed by atoms with Crippen molar-refractivity contribution >= 4 is 23.4 Å². The van der Waals surface area contributed by atoms with Crippen molar-refractivity contribution in [2.24, 2.45) is 5.92 Å². The number of rotatable bonds is 10. The second kappa shape index (κ2) is 11.3. The van der Waals surface area contributed by atoms with Crippen LogP contribution in [0, 0.1) is 12.8 Å². The summed E-state index contributed by atoms with van der Waals surface area (Å²) < 4.78 is 4.99. The van der Waals surface area contributed by atoms with Gasteiger partial charge in [0.05, 0.1) is 19.7 Å². The number of anilines is 1. The predicted octanol–water partition coefficient (Wildman–Crippen LogP) is 1.57. The molecule has 0 bridgehead atoms. The number of benzene rings is 1. The lowest BCUT2D eigenvalue weighted by Crippen LogP contribution is -2.44. The minimum absolute atomic E-state index is 0.0906. The van der Waals surface area contributed by atoms with Crippen LogP contribution in [0.3, 0.4) is 0 Å². The standard InChI is InChI=1S/C19H29N3O4/c1-14(2)11-19(25)22(9-10-26-4)13-18(24)20-12-17(23)21-16-7-5-15(3)6-8-16/h5-8,14H,9-13H2,1-4H3,(H,20,24)(H,21,23). The van der Waals surface area contributed by atoms with Crippen molar-refractivity contribution in [3.63, 3.8) is 0 Å². The van der Waals surface area contributed by atoms with Gasteiger partial charge in [0.25, 0.3) is 0 Å². The fraction of sp³-hybridized carbons (Fsp3) is 0.526. The maximum atomic E-state index is 12.2. The van der Waals surface area contributed by atoms with Crippen molar-refractivity contribution in [3.8, 4) is 0 Å². The molecule has 7 heteroatoms. The van der Waals surface area contributed by atoms with Crippen LogP contribution >= 0.6 is 0 Å². The summed E-state index contributed by atoms with van der Waals surface area (Å²) in [5, 5.41) is 5.25.